The Balaban J connectivity index is 1.62. The Morgan fingerprint density at radius 3 is 2.62 bits per heavy atom. The van der Waals surface area contributed by atoms with Crippen LogP contribution >= 0.6 is 0 Å². The number of anilines is 1. The number of methoxy groups -OCH3 is 1. The van der Waals surface area contributed by atoms with Gasteiger partial charge >= 0.3 is 0 Å². The van der Waals surface area contributed by atoms with Gasteiger partial charge in [0.1, 0.15) is 5.75 Å². The molecule has 128 valence electrons. The molecule has 0 spiro atoms. The number of hydrogen-bond donors (Lipinski definition) is 0. The van der Waals surface area contributed by atoms with E-state index in [1.54, 1.807) is 7.11 Å². The summed E-state index contributed by atoms with van der Waals surface area (Å²) in [4.78, 5) is 4.84. The summed E-state index contributed by atoms with van der Waals surface area (Å²) >= 11 is 0. The zero-order chi connectivity index (χ0) is 16.9. The second-order valence-corrected chi connectivity index (χ2v) is 6.45. The van der Waals surface area contributed by atoms with Gasteiger partial charge in [0.15, 0.2) is 5.82 Å². The minimum atomic E-state index is 0.962. The van der Waals surface area contributed by atoms with Crippen LogP contribution in [0.1, 0.15) is 23.2 Å². The van der Waals surface area contributed by atoms with Crippen molar-refractivity contribution in [3.63, 3.8) is 0 Å². The molecule has 24 heavy (non-hydrogen) atoms. The molecule has 0 amide bonds. The molecule has 2 aromatic rings. The molecule has 2 heterocycles. The van der Waals surface area contributed by atoms with Gasteiger partial charge in [-0.25, -0.2) is 0 Å². The van der Waals surface area contributed by atoms with Crippen molar-refractivity contribution in [2.24, 2.45) is 0 Å². The molecule has 1 aromatic heterocycles. The summed E-state index contributed by atoms with van der Waals surface area (Å²) in [6.45, 7) is 9.17. The number of benzene rings is 1. The molecule has 0 radical (unpaired) electrons. The third-order valence-corrected chi connectivity index (χ3v) is 4.57. The average Bonchev–Trinajstić information content (AvgIpc) is 2.83. The lowest BCUT2D eigenvalue weighted by Gasteiger charge is -2.22. The van der Waals surface area contributed by atoms with Crippen molar-refractivity contribution in [3.05, 3.63) is 47.2 Å². The monoisotopic (exact) mass is 326 g/mol. The van der Waals surface area contributed by atoms with Crippen molar-refractivity contribution in [1.29, 1.82) is 0 Å². The number of rotatable bonds is 4. The lowest BCUT2D eigenvalue weighted by molar-refractivity contribution is 0.285. The SMILES string of the molecule is COc1cc(CN2CCCN(c3ccc(C)nn3)CC2)ccc1C. The van der Waals surface area contributed by atoms with Gasteiger partial charge in [-0.3, -0.25) is 4.90 Å². The summed E-state index contributed by atoms with van der Waals surface area (Å²) < 4.78 is 5.44. The van der Waals surface area contributed by atoms with E-state index in [0.717, 1.165) is 56.4 Å². The topological polar surface area (TPSA) is 41.5 Å². The maximum atomic E-state index is 5.44. The Morgan fingerprint density at radius 2 is 1.88 bits per heavy atom. The van der Waals surface area contributed by atoms with Gasteiger partial charge in [-0.1, -0.05) is 12.1 Å². The van der Waals surface area contributed by atoms with Crippen molar-refractivity contribution in [2.75, 3.05) is 38.2 Å². The molecule has 3 rings (SSSR count). The molecular weight excluding hydrogens is 300 g/mol. The predicted octanol–water partition coefficient (Wildman–Crippen LogP) is 2.81. The van der Waals surface area contributed by atoms with Crippen molar-refractivity contribution in [3.8, 4) is 5.75 Å². The minimum absolute atomic E-state index is 0.962. The highest BCUT2D eigenvalue weighted by molar-refractivity contribution is 5.38. The fourth-order valence-electron chi connectivity index (χ4n) is 3.14. The van der Waals surface area contributed by atoms with Gasteiger partial charge in [-0.15, -0.1) is 5.10 Å². The first-order valence-corrected chi connectivity index (χ1v) is 8.57. The first-order chi connectivity index (χ1) is 11.7. The van der Waals surface area contributed by atoms with Gasteiger partial charge in [-0.2, -0.15) is 5.10 Å². The highest BCUT2D eigenvalue weighted by atomic mass is 16.5. The molecule has 0 unspecified atom stereocenters. The largest absolute Gasteiger partial charge is 0.496 e. The maximum absolute atomic E-state index is 5.44. The van der Waals surface area contributed by atoms with Crippen LogP contribution in [0.2, 0.25) is 0 Å². The minimum Gasteiger partial charge on any atom is -0.496 e. The Labute approximate surface area is 144 Å². The number of aryl methyl sites for hydroxylation is 2. The molecule has 0 aliphatic carbocycles. The number of hydrogen-bond acceptors (Lipinski definition) is 5. The molecule has 1 aliphatic rings. The average molecular weight is 326 g/mol. The van der Waals surface area contributed by atoms with Gasteiger partial charge in [-0.05, 0) is 49.6 Å². The number of aromatic nitrogens is 2. The van der Waals surface area contributed by atoms with E-state index < -0.39 is 0 Å². The van der Waals surface area contributed by atoms with E-state index in [0.29, 0.717) is 0 Å². The van der Waals surface area contributed by atoms with Gasteiger partial charge in [0, 0.05) is 32.7 Å². The van der Waals surface area contributed by atoms with E-state index in [1.807, 2.05) is 13.0 Å². The zero-order valence-electron chi connectivity index (χ0n) is 14.8. The lowest BCUT2D eigenvalue weighted by atomic mass is 10.1. The molecule has 0 saturated carbocycles. The van der Waals surface area contributed by atoms with E-state index in [-0.39, 0.29) is 0 Å². The maximum Gasteiger partial charge on any atom is 0.151 e. The first kappa shape index (κ1) is 16.7. The molecular formula is C19H26N4O. The Hall–Kier alpha value is -2.14. The van der Waals surface area contributed by atoms with Crippen LogP contribution in [0.25, 0.3) is 0 Å². The fourth-order valence-corrected chi connectivity index (χ4v) is 3.14. The summed E-state index contributed by atoms with van der Waals surface area (Å²) in [5.74, 6) is 1.96. The Kier molecular flexibility index (Phi) is 5.30. The molecule has 5 heteroatoms. The van der Waals surface area contributed by atoms with Crippen molar-refractivity contribution in [1.82, 2.24) is 15.1 Å². The summed E-state index contributed by atoms with van der Waals surface area (Å²) in [5.41, 5.74) is 3.45. The molecule has 0 N–H and O–H groups in total. The van der Waals surface area contributed by atoms with E-state index in [1.165, 1.54) is 11.1 Å². The number of nitrogens with zero attached hydrogens (tertiary/aromatic N) is 4. The van der Waals surface area contributed by atoms with Gasteiger partial charge in [0.2, 0.25) is 0 Å². The predicted molar refractivity (Wildman–Crippen MR) is 96.6 cm³/mol. The smallest absolute Gasteiger partial charge is 0.151 e. The molecule has 0 atom stereocenters. The second kappa shape index (κ2) is 7.62. The third kappa shape index (κ3) is 4.03. The van der Waals surface area contributed by atoms with Gasteiger partial charge < -0.3 is 9.64 Å². The van der Waals surface area contributed by atoms with Crippen LogP contribution in [-0.2, 0) is 6.54 Å². The van der Waals surface area contributed by atoms with Crippen molar-refractivity contribution < 1.29 is 4.74 Å². The van der Waals surface area contributed by atoms with Crippen LogP contribution < -0.4 is 9.64 Å². The summed E-state index contributed by atoms with van der Waals surface area (Å²) in [6.07, 6.45) is 1.14. The molecule has 1 fully saturated rings. The molecule has 5 nitrogen and oxygen atoms in total. The van der Waals surface area contributed by atoms with E-state index in [4.69, 9.17) is 4.74 Å². The van der Waals surface area contributed by atoms with E-state index in [9.17, 15) is 0 Å². The van der Waals surface area contributed by atoms with Gasteiger partial charge in [0.25, 0.3) is 0 Å². The Bertz CT molecular complexity index is 672. The van der Waals surface area contributed by atoms with E-state index in [2.05, 4.69) is 51.2 Å². The summed E-state index contributed by atoms with van der Waals surface area (Å²) in [5, 5.41) is 8.51. The van der Waals surface area contributed by atoms with Crippen molar-refractivity contribution in [2.45, 2.75) is 26.8 Å². The molecule has 1 saturated heterocycles. The quantitative estimate of drug-likeness (QED) is 0.864. The molecule has 1 aromatic carbocycles. The highest BCUT2D eigenvalue weighted by Gasteiger charge is 2.16. The zero-order valence-corrected chi connectivity index (χ0v) is 14.8. The highest BCUT2D eigenvalue weighted by Crippen LogP contribution is 2.21. The number of ether oxygens (including phenoxy) is 1. The fraction of sp³-hybridized carbons (Fsp3) is 0.474. The van der Waals surface area contributed by atoms with Crippen LogP contribution in [0.5, 0.6) is 5.75 Å². The van der Waals surface area contributed by atoms with Crippen LogP contribution in [0, 0.1) is 13.8 Å². The van der Waals surface area contributed by atoms with Crippen molar-refractivity contribution >= 4 is 5.82 Å². The van der Waals surface area contributed by atoms with E-state index >= 15 is 0 Å². The van der Waals surface area contributed by atoms with Crippen LogP contribution in [-0.4, -0.2) is 48.4 Å². The molecule has 1 aliphatic heterocycles. The summed E-state index contributed by atoms with van der Waals surface area (Å²) in [6, 6.07) is 10.6. The Morgan fingerprint density at radius 1 is 1.00 bits per heavy atom. The molecule has 0 bridgehead atoms. The normalized spacial score (nSPS) is 16.0. The summed E-state index contributed by atoms with van der Waals surface area (Å²) in [7, 11) is 1.73. The first-order valence-electron chi connectivity index (χ1n) is 8.57. The van der Waals surface area contributed by atoms with Crippen LogP contribution in [0.4, 0.5) is 5.82 Å². The van der Waals surface area contributed by atoms with Crippen LogP contribution in [0.15, 0.2) is 30.3 Å². The second-order valence-electron chi connectivity index (χ2n) is 6.45. The third-order valence-electron chi connectivity index (χ3n) is 4.57. The van der Waals surface area contributed by atoms with Gasteiger partial charge in [0.05, 0.1) is 12.8 Å². The lowest BCUT2D eigenvalue weighted by Crippen LogP contribution is -2.31. The van der Waals surface area contributed by atoms with Crippen LogP contribution in [0.3, 0.4) is 0 Å². The standard InChI is InChI=1S/C19H26N4O/c1-15-5-7-17(13-18(15)24-3)14-22-9-4-10-23(12-11-22)19-8-6-16(2)20-21-19/h5-8,13H,4,9-12,14H2,1-3H3.